The number of hydrogen-bond donors (Lipinski definition) is 1. The maximum Gasteiger partial charge on any atom is 0.335 e. The predicted molar refractivity (Wildman–Crippen MR) is 88.3 cm³/mol. The van der Waals surface area contributed by atoms with Gasteiger partial charge >= 0.3 is 5.97 Å². The fourth-order valence-electron chi connectivity index (χ4n) is 2.85. The van der Waals surface area contributed by atoms with Gasteiger partial charge in [0, 0.05) is 5.54 Å². The summed E-state index contributed by atoms with van der Waals surface area (Å²) in [6.07, 6.45) is 1.02. The van der Waals surface area contributed by atoms with Gasteiger partial charge in [-0.2, -0.15) is 0 Å². The second kappa shape index (κ2) is 6.24. The van der Waals surface area contributed by atoms with Crippen LogP contribution in [0, 0.1) is 0 Å². The molecule has 1 unspecified atom stereocenters. The third-order valence-electron chi connectivity index (χ3n) is 3.38. The van der Waals surface area contributed by atoms with Crippen molar-refractivity contribution in [3.8, 4) is 0 Å². The van der Waals surface area contributed by atoms with Gasteiger partial charge < -0.3 is 9.22 Å². The van der Waals surface area contributed by atoms with Gasteiger partial charge in [-0.1, -0.05) is 19.1 Å². The minimum atomic E-state index is -1.84. The highest BCUT2D eigenvalue weighted by Crippen LogP contribution is 2.33. The van der Waals surface area contributed by atoms with E-state index in [4.69, 9.17) is 9.22 Å². The lowest BCUT2D eigenvalue weighted by atomic mass is 10.1. The van der Waals surface area contributed by atoms with Crippen LogP contribution in [-0.4, -0.2) is 27.7 Å². The van der Waals surface area contributed by atoms with Crippen molar-refractivity contribution in [2.24, 2.45) is 0 Å². The Morgan fingerprint density at radius 3 is 2.00 bits per heavy atom. The monoisotopic (exact) mass is 310 g/mol. The molecule has 0 fully saturated rings. The molecule has 5 heteroatoms. The van der Waals surface area contributed by atoms with Crippen LogP contribution in [0.4, 0.5) is 0 Å². The minimum Gasteiger partial charge on any atom is -0.478 e. The Labute approximate surface area is 124 Å². The largest absolute Gasteiger partial charge is 0.478 e. The molecule has 0 radical (unpaired) electrons. The Balaban J connectivity index is 3.03. The van der Waals surface area contributed by atoms with Gasteiger partial charge in [0.1, 0.15) is 0 Å². The van der Waals surface area contributed by atoms with Crippen molar-refractivity contribution in [2.45, 2.75) is 51.6 Å². The molecule has 0 saturated carbocycles. The number of hydrogen-bond acceptors (Lipinski definition) is 2. The Hall–Kier alpha value is -0.916. The highest BCUT2D eigenvalue weighted by molar-refractivity contribution is 6.84. The first-order valence-electron chi connectivity index (χ1n) is 7.10. The number of carboxylic acids is 1. The molecule has 0 amide bonds. The van der Waals surface area contributed by atoms with E-state index in [9.17, 15) is 4.79 Å². The summed E-state index contributed by atoms with van der Waals surface area (Å²) >= 11 is 0. The SMILES string of the molecule is CCC(c1ccc(C(=O)O)cc1)[Si](C)(C)O[Si](C)(C)C. The first kappa shape index (κ1) is 17.1. The average Bonchev–Trinajstić information content (AvgIpc) is 2.26. The molecule has 1 aromatic rings. The third-order valence-corrected chi connectivity index (χ3v) is 10.4. The van der Waals surface area contributed by atoms with Crippen molar-refractivity contribution in [3.05, 3.63) is 35.4 Å². The van der Waals surface area contributed by atoms with Crippen molar-refractivity contribution in [2.75, 3.05) is 0 Å². The van der Waals surface area contributed by atoms with Gasteiger partial charge in [-0.15, -0.1) is 0 Å². The van der Waals surface area contributed by atoms with Crippen LogP contribution in [0.3, 0.4) is 0 Å². The Kier molecular flexibility index (Phi) is 5.35. The van der Waals surface area contributed by atoms with Crippen LogP contribution in [-0.2, 0) is 4.12 Å². The van der Waals surface area contributed by atoms with Crippen LogP contribution in [0.15, 0.2) is 24.3 Å². The van der Waals surface area contributed by atoms with Crippen LogP contribution in [0.5, 0.6) is 0 Å². The highest BCUT2D eigenvalue weighted by Gasteiger charge is 2.37. The standard InChI is InChI=1S/C15H26O3Si2/c1-7-14(20(5,6)18-19(2,3)4)12-8-10-13(11-9-12)15(16)17/h8-11,14H,7H2,1-6H3,(H,16,17). The van der Waals surface area contributed by atoms with Gasteiger partial charge in [0.15, 0.2) is 16.6 Å². The van der Waals surface area contributed by atoms with Crippen LogP contribution >= 0.6 is 0 Å². The van der Waals surface area contributed by atoms with Crippen LogP contribution in [0.25, 0.3) is 0 Å². The number of rotatable bonds is 6. The molecular weight excluding hydrogens is 284 g/mol. The molecule has 0 saturated heterocycles. The first-order chi connectivity index (χ1) is 9.07. The summed E-state index contributed by atoms with van der Waals surface area (Å²) in [6.45, 7) is 13.4. The fraction of sp³-hybridized carbons (Fsp3) is 0.533. The van der Waals surface area contributed by atoms with E-state index in [0.29, 0.717) is 11.1 Å². The van der Waals surface area contributed by atoms with Crippen molar-refractivity contribution >= 4 is 22.6 Å². The minimum absolute atomic E-state index is 0.342. The van der Waals surface area contributed by atoms with Crippen LogP contribution < -0.4 is 0 Å². The molecule has 0 bridgehead atoms. The summed E-state index contributed by atoms with van der Waals surface area (Å²) < 4.78 is 6.47. The van der Waals surface area contributed by atoms with E-state index >= 15 is 0 Å². The summed E-state index contributed by atoms with van der Waals surface area (Å²) in [5, 5.41) is 8.97. The van der Waals surface area contributed by atoms with E-state index in [2.05, 4.69) is 39.7 Å². The molecule has 1 rings (SSSR count). The molecule has 1 atom stereocenters. The molecule has 0 aliphatic rings. The van der Waals surface area contributed by atoms with Crippen molar-refractivity contribution in [3.63, 3.8) is 0 Å². The van der Waals surface area contributed by atoms with E-state index in [-0.39, 0.29) is 0 Å². The summed E-state index contributed by atoms with van der Waals surface area (Å²) in [4.78, 5) is 10.9. The zero-order valence-electron chi connectivity index (χ0n) is 13.4. The smallest absolute Gasteiger partial charge is 0.335 e. The number of aromatic carboxylic acids is 1. The van der Waals surface area contributed by atoms with Gasteiger partial charge in [0.05, 0.1) is 5.56 Å². The zero-order valence-corrected chi connectivity index (χ0v) is 15.4. The lowest BCUT2D eigenvalue weighted by Gasteiger charge is -2.37. The van der Waals surface area contributed by atoms with E-state index in [1.165, 1.54) is 5.56 Å². The van der Waals surface area contributed by atoms with Gasteiger partial charge in [0.2, 0.25) is 0 Å². The van der Waals surface area contributed by atoms with Gasteiger partial charge in [0.25, 0.3) is 0 Å². The molecule has 0 aromatic heterocycles. The zero-order chi connectivity index (χ0) is 15.6. The van der Waals surface area contributed by atoms with E-state index in [1.807, 2.05) is 12.1 Å². The molecule has 0 heterocycles. The van der Waals surface area contributed by atoms with Gasteiger partial charge in [-0.05, 0) is 56.9 Å². The highest BCUT2D eigenvalue weighted by atomic mass is 28.4. The van der Waals surface area contributed by atoms with Crippen molar-refractivity contribution < 1.29 is 14.0 Å². The number of carboxylic acid groups (broad SMARTS) is 1. The quantitative estimate of drug-likeness (QED) is 0.788. The Morgan fingerprint density at radius 1 is 1.15 bits per heavy atom. The lowest BCUT2D eigenvalue weighted by Crippen LogP contribution is -2.47. The van der Waals surface area contributed by atoms with Crippen molar-refractivity contribution in [1.29, 1.82) is 0 Å². The Bertz CT molecular complexity index is 461. The lowest BCUT2D eigenvalue weighted by molar-refractivity contribution is 0.0697. The van der Waals surface area contributed by atoms with E-state index < -0.39 is 22.6 Å². The topological polar surface area (TPSA) is 46.5 Å². The molecule has 1 aromatic carbocycles. The summed E-state index contributed by atoms with van der Waals surface area (Å²) in [7, 11) is -3.41. The van der Waals surface area contributed by atoms with E-state index in [0.717, 1.165) is 6.42 Å². The second-order valence-electron chi connectivity index (χ2n) is 6.71. The summed E-state index contributed by atoms with van der Waals surface area (Å²) in [5.41, 5.74) is 1.94. The molecule has 3 nitrogen and oxygen atoms in total. The second-order valence-corrected chi connectivity index (χ2v) is 15.7. The molecule has 0 spiro atoms. The number of carbonyl (C=O) groups is 1. The molecule has 1 N–H and O–H groups in total. The van der Waals surface area contributed by atoms with Crippen molar-refractivity contribution in [1.82, 2.24) is 0 Å². The first-order valence-corrected chi connectivity index (χ1v) is 13.5. The normalized spacial score (nSPS) is 14.1. The van der Waals surface area contributed by atoms with Gasteiger partial charge in [-0.25, -0.2) is 4.79 Å². The molecular formula is C15H26O3Si2. The van der Waals surface area contributed by atoms with Gasteiger partial charge in [-0.3, -0.25) is 0 Å². The molecule has 112 valence electrons. The molecule has 0 aliphatic carbocycles. The maximum atomic E-state index is 10.9. The summed E-state index contributed by atoms with van der Waals surface area (Å²) in [6, 6.07) is 7.28. The fourth-order valence-corrected chi connectivity index (χ4v) is 11.7. The molecule has 0 aliphatic heterocycles. The Morgan fingerprint density at radius 2 is 1.65 bits per heavy atom. The maximum absolute atomic E-state index is 10.9. The average molecular weight is 311 g/mol. The van der Waals surface area contributed by atoms with Crippen LogP contribution in [0.1, 0.15) is 34.8 Å². The van der Waals surface area contributed by atoms with Crippen LogP contribution in [0.2, 0.25) is 32.7 Å². The van der Waals surface area contributed by atoms with E-state index in [1.54, 1.807) is 12.1 Å². The number of benzene rings is 1. The summed E-state index contributed by atoms with van der Waals surface area (Å²) in [5.74, 6) is -0.876. The third kappa shape index (κ3) is 4.57. The molecule has 20 heavy (non-hydrogen) atoms. The predicted octanol–water partition coefficient (Wildman–Crippen LogP) is 4.47.